The van der Waals surface area contributed by atoms with Crippen molar-refractivity contribution < 1.29 is 22.7 Å². The van der Waals surface area contributed by atoms with Crippen molar-refractivity contribution in [1.29, 1.82) is 0 Å². The number of benzene rings is 2. The van der Waals surface area contributed by atoms with Crippen molar-refractivity contribution in [2.45, 2.75) is 32.9 Å². The fraction of sp³-hybridized carbons (Fsp3) is 0.316. The van der Waals surface area contributed by atoms with Crippen molar-refractivity contribution in [2.24, 2.45) is 0 Å². The van der Waals surface area contributed by atoms with Crippen LogP contribution in [0.5, 0.6) is 5.75 Å². The van der Waals surface area contributed by atoms with Gasteiger partial charge >= 0.3 is 6.18 Å². The molecule has 0 atom stereocenters. The molecule has 2 aromatic rings. The Hall–Kier alpha value is -1.73. The smallest absolute Gasteiger partial charge is 0.416 e. The molecule has 146 valence electrons. The van der Waals surface area contributed by atoms with Gasteiger partial charge in [0.05, 0.1) is 16.6 Å². The van der Waals surface area contributed by atoms with Crippen LogP contribution in [0.1, 0.15) is 29.5 Å². The molecule has 27 heavy (non-hydrogen) atoms. The lowest BCUT2D eigenvalue weighted by Crippen LogP contribution is -2.14. The van der Waals surface area contributed by atoms with E-state index in [1.807, 2.05) is 19.9 Å². The summed E-state index contributed by atoms with van der Waals surface area (Å²) < 4.78 is 44.5. The summed E-state index contributed by atoms with van der Waals surface area (Å²) in [5.41, 5.74) is 1.06. The Kier molecular flexibility index (Phi) is 7.17. The maximum atomic E-state index is 12.7. The first-order valence-electron chi connectivity index (χ1n) is 8.14. The minimum Gasteiger partial charge on any atom is -0.492 e. The second kappa shape index (κ2) is 8.97. The SMILES string of the molecule is Cc1cc(OCCCC(=O)Nc2cccc(C(F)(F)F)c2)c(Br)c(C)c1Cl. The standard InChI is InChI=1S/C19H18BrClF3NO2/c1-11-9-15(17(20)12(2)18(11)21)27-8-4-7-16(26)25-14-6-3-5-13(10-14)19(22,23)24/h3,5-6,9-10H,4,7-8H2,1-2H3,(H,25,26). The van der Waals surface area contributed by atoms with Gasteiger partial charge in [0.25, 0.3) is 0 Å². The van der Waals surface area contributed by atoms with Crippen molar-refractivity contribution in [1.82, 2.24) is 0 Å². The topological polar surface area (TPSA) is 38.3 Å². The number of hydrogen-bond acceptors (Lipinski definition) is 2. The Morgan fingerprint density at radius 3 is 2.63 bits per heavy atom. The van der Waals surface area contributed by atoms with Gasteiger partial charge in [-0.05, 0) is 71.6 Å². The normalized spacial score (nSPS) is 11.4. The molecular weight excluding hydrogens is 447 g/mol. The zero-order chi connectivity index (χ0) is 20.2. The number of carbonyl (C=O) groups is 1. The van der Waals surface area contributed by atoms with Crippen molar-refractivity contribution in [2.75, 3.05) is 11.9 Å². The number of anilines is 1. The summed E-state index contributed by atoms with van der Waals surface area (Å²) in [4.78, 5) is 11.9. The van der Waals surface area contributed by atoms with Crippen LogP contribution in [0.15, 0.2) is 34.8 Å². The number of amides is 1. The molecule has 0 bridgehead atoms. The summed E-state index contributed by atoms with van der Waals surface area (Å²) >= 11 is 9.60. The quantitative estimate of drug-likeness (QED) is 0.493. The van der Waals surface area contributed by atoms with E-state index in [2.05, 4.69) is 21.2 Å². The van der Waals surface area contributed by atoms with Gasteiger partial charge in [0.2, 0.25) is 5.91 Å². The molecule has 2 rings (SSSR count). The molecule has 0 radical (unpaired) electrons. The van der Waals surface area contributed by atoms with E-state index in [1.165, 1.54) is 12.1 Å². The molecule has 0 aliphatic rings. The number of rotatable bonds is 6. The summed E-state index contributed by atoms with van der Waals surface area (Å²) in [6.07, 6.45) is -3.91. The molecule has 0 aliphatic heterocycles. The number of alkyl halides is 3. The highest BCUT2D eigenvalue weighted by Crippen LogP contribution is 2.35. The van der Waals surface area contributed by atoms with Gasteiger partial charge in [0.15, 0.2) is 0 Å². The zero-order valence-corrected chi connectivity index (χ0v) is 17.1. The van der Waals surface area contributed by atoms with Crippen molar-refractivity contribution in [3.8, 4) is 5.75 Å². The molecule has 0 spiro atoms. The van der Waals surface area contributed by atoms with E-state index in [0.29, 0.717) is 17.2 Å². The summed E-state index contributed by atoms with van der Waals surface area (Å²) in [5.74, 6) is 0.258. The van der Waals surface area contributed by atoms with Crippen LogP contribution in [-0.4, -0.2) is 12.5 Å². The molecule has 8 heteroatoms. The molecule has 2 aromatic carbocycles. The fourth-order valence-corrected chi connectivity index (χ4v) is 3.11. The van der Waals surface area contributed by atoms with E-state index in [4.69, 9.17) is 16.3 Å². The lowest BCUT2D eigenvalue weighted by atomic mass is 10.1. The second-order valence-corrected chi connectivity index (χ2v) is 7.19. The summed E-state index contributed by atoms with van der Waals surface area (Å²) in [6, 6.07) is 6.34. The van der Waals surface area contributed by atoms with Crippen LogP contribution in [0.3, 0.4) is 0 Å². The van der Waals surface area contributed by atoms with Gasteiger partial charge < -0.3 is 10.1 Å². The first kappa shape index (κ1) is 21.6. The van der Waals surface area contributed by atoms with E-state index in [0.717, 1.165) is 27.7 Å². The van der Waals surface area contributed by atoms with Crippen LogP contribution in [-0.2, 0) is 11.0 Å². The summed E-state index contributed by atoms with van der Waals surface area (Å²) in [6.45, 7) is 4.03. The van der Waals surface area contributed by atoms with E-state index >= 15 is 0 Å². The number of ether oxygens (including phenoxy) is 1. The molecule has 1 N–H and O–H groups in total. The molecule has 0 unspecified atom stereocenters. The first-order valence-corrected chi connectivity index (χ1v) is 9.32. The highest BCUT2D eigenvalue weighted by molar-refractivity contribution is 9.10. The highest BCUT2D eigenvalue weighted by Gasteiger charge is 2.30. The molecule has 1 amide bonds. The molecule has 0 heterocycles. The van der Waals surface area contributed by atoms with Crippen LogP contribution in [0.2, 0.25) is 5.02 Å². The van der Waals surface area contributed by atoms with Crippen LogP contribution in [0.25, 0.3) is 0 Å². The van der Waals surface area contributed by atoms with Crippen LogP contribution in [0.4, 0.5) is 18.9 Å². The van der Waals surface area contributed by atoms with Gasteiger partial charge in [-0.25, -0.2) is 0 Å². The highest BCUT2D eigenvalue weighted by atomic mass is 79.9. The number of carbonyl (C=O) groups excluding carboxylic acids is 1. The van der Waals surface area contributed by atoms with Crippen molar-refractivity contribution in [3.63, 3.8) is 0 Å². The summed E-state index contributed by atoms with van der Waals surface area (Å²) in [5, 5.41) is 3.13. The van der Waals surface area contributed by atoms with E-state index in [-0.39, 0.29) is 24.6 Å². The zero-order valence-electron chi connectivity index (χ0n) is 14.7. The predicted molar refractivity (Wildman–Crippen MR) is 103 cm³/mol. The molecule has 0 saturated heterocycles. The number of halogens is 5. The van der Waals surface area contributed by atoms with E-state index in [9.17, 15) is 18.0 Å². The average molecular weight is 465 g/mol. The molecule has 0 saturated carbocycles. The molecule has 0 fully saturated rings. The summed E-state index contributed by atoms with van der Waals surface area (Å²) in [7, 11) is 0. The Morgan fingerprint density at radius 1 is 1.26 bits per heavy atom. The predicted octanol–water partition coefficient (Wildman–Crippen LogP) is 6.54. The Balaban J connectivity index is 1.85. The monoisotopic (exact) mass is 463 g/mol. The van der Waals surface area contributed by atoms with Gasteiger partial charge in [-0.1, -0.05) is 17.7 Å². The minimum absolute atomic E-state index is 0.113. The van der Waals surface area contributed by atoms with Gasteiger partial charge in [0.1, 0.15) is 5.75 Å². The van der Waals surface area contributed by atoms with Gasteiger partial charge in [-0.15, -0.1) is 0 Å². The number of nitrogens with one attached hydrogen (secondary N) is 1. The number of hydrogen-bond donors (Lipinski definition) is 1. The molecule has 3 nitrogen and oxygen atoms in total. The third-order valence-electron chi connectivity index (χ3n) is 3.85. The Morgan fingerprint density at radius 2 is 1.96 bits per heavy atom. The largest absolute Gasteiger partial charge is 0.492 e. The molecular formula is C19H18BrClF3NO2. The molecule has 0 aromatic heterocycles. The lowest BCUT2D eigenvalue weighted by Gasteiger charge is -2.13. The maximum absolute atomic E-state index is 12.7. The fourth-order valence-electron chi connectivity index (χ4n) is 2.42. The molecule has 0 aliphatic carbocycles. The third-order valence-corrected chi connectivity index (χ3v) is 5.42. The van der Waals surface area contributed by atoms with E-state index < -0.39 is 11.7 Å². The minimum atomic E-state index is -4.45. The van der Waals surface area contributed by atoms with Gasteiger partial charge in [0, 0.05) is 17.1 Å². The Labute approximate surface area is 169 Å². The first-order chi connectivity index (χ1) is 12.6. The second-order valence-electron chi connectivity index (χ2n) is 6.02. The average Bonchev–Trinajstić information content (AvgIpc) is 2.60. The van der Waals surface area contributed by atoms with Crippen LogP contribution < -0.4 is 10.1 Å². The van der Waals surface area contributed by atoms with Crippen molar-refractivity contribution >= 4 is 39.1 Å². The Bertz CT molecular complexity index is 840. The van der Waals surface area contributed by atoms with Crippen LogP contribution in [0, 0.1) is 13.8 Å². The van der Waals surface area contributed by atoms with Gasteiger partial charge in [-0.2, -0.15) is 13.2 Å². The van der Waals surface area contributed by atoms with E-state index in [1.54, 1.807) is 0 Å². The van der Waals surface area contributed by atoms with Crippen LogP contribution >= 0.6 is 27.5 Å². The maximum Gasteiger partial charge on any atom is 0.416 e. The lowest BCUT2D eigenvalue weighted by molar-refractivity contribution is -0.137. The third kappa shape index (κ3) is 5.87. The number of aryl methyl sites for hydroxylation is 1. The van der Waals surface area contributed by atoms with Gasteiger partial charge in [-0.3, -0.25) is 4.79 Å². The van der Waals surface area contributed by atoms with Crippen molar-refractivity contribution in [3.05, 3.63) is 56.5 Å².